The van der Waals surface area contributed by atoms with E-state index in [-0.39, 0.29) is 0 Å². The van der Waals surface area contributed by atoms with Crippen LogP contribution in [0.4, 0.5) is 0 Å². The van der Waals surface area contributed by atoms with Crippen molar-refractivity contribution in [3.63, 3.8) is 0 Å². The van der Waals surface area contributed by atoms with Crippen LogP contribution in [0.1, 0.15) is 83.1 Å². The summed E-state index contributed by atoms with van der Waals surface area (Å²) >= 11 is -1.62. The Hall–Kier alpha value is 1.34. The fraction of sp³-hybridized carbons (Fsp3) is 1.00. The van der Waals surface area contributed by atoms with E-state index >= 15 is 0 Å². The second-order valence-corrected chi connectivity index (χ2v) is 25.7. The Morgan fingerprint density at radius 1 is 0.522 bits per heavy atom. The Labute approximate surface area is 161 Å². The molecule has 0 rings (SSSR count). The molecular weight excluding hydrogens is 444 g/mol. The van der Waals surface area contributed by atoms with Crippen molar-refractivity contribution < 1.29 is 0 Å². The van der Waals surface area contributed by atoms with Crippen LogP contribution < -0.4 is 0 Å². The molecule has 0 aliphatic carbocycles. The van der Waals surface area contributed by atoms with Crippen molar-refractivity contribution in [2.75, 3.05) is 0 Å². The summed E-state index contributed by atoms with van der Waals surface area (Å²) in [6.07, 6.45) is 0. The van der Waals surface area contributed by atoms with Gasteiger partial charge in [-0.05, 0) is 0 Å². The first kappa shape index (κ1) is 26.6. The quantitative estimate of drug-likeness (QED) is 0.329. The molecule has 2 radical (unpaired) electrons. The third kappa shape index (κ3) is 21.3. The van der Waals surface area contributed by atoms with E-state index in [9.17, 15) is 0 Å². The monoisotopic (exact) mass is 494 g/mol. The molecule has 0 spiro atoms. The molecule has 0 amide bonds. The molecule has 0 aromatic rings. The Bertz CT molecular complexity index is 230. The van der Waals surface area contributed by atoms with Crippen LogP contribution in [-0.2, 0) is 0 Å². The minimum absolute atomic E-state index is 0.403. The summed E-state index contributed by atoms with van der Waals surface area (Å²) in [5.74, 6) is 0. The first-order valence-corrected chi connectivity index (χ1v) is 20.3. The zero-order valence-electron chi connectivity index (χ0n) is 18.7. The van der Waals surface area contributed by atoms with E-state index in [1.807, 2.05) is 0 Å². The molecule has 140 valence electrons. The Morgan fingerprint density at radius 2 is 0.739 bits per heavy atom. The maximum absolute atomic E-state index is 2.42. The van der Waals surface area contributed by atoms with Gasteiger partial charge >= 0.3 is 163 Å². The zero-order valence-corrected chi connectivity index (χ0v) is 23.7. The van der Waals surface area contributed by atoms with Gasteiger partial charge in [-0.3, -0.25) is 0 Å². The van der Waals surface area contributed by atoms with Gasteiger partial charge in [-0.2, -0.15) is 0 Å². The van der Waals surface area contributed by atoms with E-state index in [4.69, 9.17) is 0 Å². The number of hydrogen-bond donors (Lipinski definition) is 0. The summed E-state index contributed by atoms with van der Waals surface area (Å²) in [6, 6.07) is 0. The van der Waals surface area contributed by atoms with E-state index in [2.05, 4.69) is 83.1 Å². The van der Waals surface area contributed by atoms with Crippen molar-refractivity contribution in [3.05, 3.63) is 0 Å². The van der Waals surface area contributed by atoms with Crippen molar-refractivity contribution >= 4 is 34.1 Å². The average Bonchev–Trinajstić information content (AvgIpc) is 2.24. The van der Waals surface area contributed by atoms with Crippen LogP contribution in [0.25, 0.3) is 0 Å². The predicted octanol–water partition coefficient (Wildman–Crippen LogP) is 8.16. The van der Waals surface area contributed by atoms with Crippen molar-refractivity contribution in [2.24, 2.45) is 16.2 Å². The molecule has 0 heterocycles. The molecule has 0 unspecified atom stereocenters. The SMILES string of the molecule is CC(C)(C)[CH2][Sn]([CH2]C(C)(C)C)[CH2]C(C)(C)C.C[CH2][Ge]([CH2]C)[CH2]C. The van der Waals surface area contributed by atoms with Gasteiger partial charge in [0.2, 0.25) is 0 Å². The van der Waals surface area contributed by atoms with Crippen molar-refractivity contribution in [2.45, 2.75) is 112 Å². The second-order valence-electron chi connectivity index (χ2n) is 10.8. The normalized spacial score (nSPS) is 13.3. The number of hydrogen-bond acceptors (Lipinski definition) is 0. The van der Waals surface area contributed by atoms with Crippen molar-refractivity contribution in [1.82, 2.24) is 0 Å². The molecule has 0 aliphatic rings. The summed E-state index contributed by atoms with van der Waals surface area (Å²) in [6.45, 7) is 28.7. The van der Waals surface area contributed by atoms with Gasteiger partial charge < -0.3 is 0 Å². The third-order valence-corrected chi connectivity index (χ3v) is 23.5. The molecule has 2 heteroatoms. The molecular formula is C21H48GeSn. The molecule has 0 saturated carbocycles. The molecule has 0 saturated heterocycles. The number of rotatable bonds is 6. The fourth-order valence-corrected chi connectivity index (χ4v) is 20.2. The summed E-state index contributed by atoms with van der Waals surface area (Å²) < 4.78 is 4.64. The van der Waals surface area contributed by atoms with Crippen LogP contribution in [0.5, 0.6) is 0 Å². The summed E-state index contributed by atoms with van der Waals surface area (Å²) in [5.41, 5.74) is 1.64. The van der Waals surface area contributed by atoms with Crippen molar-refractivity contribution in [1.29, 1.82) is 0 Å². The molecule has 0 aromatic carbocycles. The van der Waals surface area contributed by atoms with E-state index in [0.29, 0.717) is 16.2 Å². The molecule has 0 fully saturated rings. The molecule has 0 nitrogen and oxygen atoms in total. The van der Waals surface area contributed by atoms with Gasteiger partial charge in [0.15, 0.2) is 0 Å². The fourth-order valence-electron chi connectivity index (χ4n) is 3.19. The van der Waals surface area contributed by atoms with Crippen LogP contribution in [0.15, 0.2) is 0 Å². The summed E-state index contributed by atoms with van der Waals surface area (Å²) in [5, 5.41) is 4.56. The first-order valence-electron chi connectivity index (χ1n) is 9.80. The molecule has 23 heavy (non-hydrogen) atoms. The van der Waals surface area contributed by atoms with Gasteiger partial charge in [0.25, 0.3) is 0 Å². The Balaban J connectivity index is 0. The first-order chi connectivity index (χ1) is 10.1. The molecule has 0 atom stereocenters. The maximum atomic E-state index is 2.42. The van der Waals surface area contributed by atoms with E-state index in [0.717, 1.165) is 0 Å². The summed E-state index contributed by atoms with van der Waals surface area (Å²) in [7, 11) is 0. The molecule has 0 aliphatic heterocycles. The molecule has 0 aromatic heterocycles. The van der Waals surface area contributed by atoms with Gasteiger partial charge in [-0.15, -0.1) is 0 Å². The van der Waals surface area contributed by atoms with Crippen LogP contribution in [-0.4, -0.2) is 34.1 Å². The van der Waals surface area contributed by atoms with Gasteiger partial charge in [0.05, 0.1) is 0 Å². The second kappa shape index (κ2) is 11.9. The molecule has 0 N–H and O–H groups in total. The Morgan fingerprint density at radius 3 is 0.826 bits per heavy atom. The average molecular weight is 492 g/mol. The van der Waals surface area contributed by atoms with Gasteiger partial charge in [0, 0.05) is 0 Å². The van der Waals surface area contributed by atoms with E-state index in [1.54, 1.807) is 13.3 Å². The van der Waals surface area contributed by atoms with Crippen LogP contribution >= 0.6 is 0 Å². The minimum atomic E-state index is -1.22. The molecule has 0 bridgehead atoms. The van der Waals surface area contributed by atoms with E-state index < -0.39 is 34.1 Å². The van der Waals surface area contributed by atoms with Gasteiger partial charge in [0.1, 0.15) is 0 Å². The zero-order chi connectivity index (χ0) is 18.9. The third-order valence-electron chi connectivity index (χ3n) is 3.84. The van der Waals surface area contributed by atoms with Crippen molar-refractivity contribution in [3.8, 4) is 0 Å². The summed E-state index contributed by atoms with van der Waals surface area (Å²) in [4.78, 5) is 0. The topological polar surface area (TPSA) is 0 Å². The van der Waals surface area contributed by atoms with Gasteiger partial charge in [-0.1, -0.05) is 0 Å². The Kier molecular flexibility index (Phi) is 13.7. The standard InChI is InChI=1S/C6H15Ge.3C5H11.Sn/c1-4-7(5-2)6-3;3*1-5(2,3)4;/h4-6H2,1-3H3;3*1H2,2-4H3;. The van der Waals surface area contributed by atoms with Crippen LogP contribution in [0, 0.1) is 16.2 Å². The van der Waals surface area contributed by atoms with Crippen LogP contribution in [0.3, 0.4) is 0 Å². The van der Waals surface area contributed by atoms with E-state index in [1.165, 1.54) is 15.8 Å². The van der Waals surface area contributed by atoms with Crippen LogP contribution in [0.2, 0.25) is 29.1 Å². The van der Waals surface area contributed by atoms with Gasteiger partial charge in [-0.25, -0.2) is 0 Å². The predicted molar refractivity (Wildman–Crippen MR) is 116 cm³/mol.